The van der Waals surface area contributed by atoms with Crippen molar-refractivity contribution in [1.29, 1.82) is 0 Å². The second-order valence-electron chi connectivity index (χ2n) is 4.62. The number of aliphatic hydroxyl groups excluding tert-OH is 1. The molecule has 1 fully saturated rings. The van der Waals surface area contributed by atoms with Crippen LogP contribution in [0, 0.1) is 5.92 Å². The maximum Gasteiger partial charge on any atom is 0.142 e. The Balaban J connectivity index is 2.43. The molecule has 13 heavy (non-hydrogen) atoms. The Morgan fingerprint density at radius 2 is 2.00 bits per heavy atom. The monoisotopic (exact) mass is 202 g/mol. The van der Waals surface area contributed by atoms with Crippen molar-refractivity contribution in [3.05, 3.63) is 0 Å². The molecule has 1 rings (SSSR count). The van der Waals surface area contributed by atoms with Gasteiger partial charge >= 0.3 is 0 Å². The summed E-state index contributed by atoms with van der Waals surface area (Å²) in [7, 11) is 0. The number of carbonyl (C=O) groups excluding carboxylic acids is 1. The van der Waals surface area contributed by atoms with Gasteiger partial charge < -0.3 is 5.11 Å². The zero-order valence-corrected chi connectivity index (χ0v) is 9.40. The van der Waals surface area contributed by atoms with Crippen LogP contribution in [0.15, 0.2) is 0 Å². The lowest BCUT2D eigenvalue weighted by Gasteiger charge is -2.13. The van der Waals surface area contributed by atoms with Gasteiger partial charge in [0, 0.05) is 10.7 Å². The second kappa shape index (κ2) is 3.93. The average molecular weight is 202 g/mol. The van der Waals surface area contributed by atoms with Gasteiger partial charge in [0.25, 0.3) is 0 Å². The van der Waals surface area contributed by atoms with E-state index in [4.69, 9.17) is 0 Å². The molecule has 1 saturated carbocycles. The van der Waals surface area contributed by atoms with Crippen molar-refractivity contribution in [3.8, 4) is 0 Å². The van der Waals surface area contributed by atoms with Gasteiger partial charge in [0.2, 0.25) is 0 Å². The van der Waals surface area contributed by atoms with Crippen molar-refractivity contribution in [3.63, 3.8) is 0 Å². The van der Waals surface area contributed by atoms with Crippen LogP contribution >= 0.6 is 11.4 Å². The van der Waals surface area contributed by atoms with Gasteiger partial charge in [0.1, 0.15) is 5.78 Å². The van der Waals surface area contributed by atoms with E-state index in [0.29, 0.717) is 5.05 Å². The van der Waals surface area contributed by atoms with Gasteiger partial charge in [0.05, 0.1) is 11.5 Å². The molecule has 0 aromatic carbocycles. The van der Waals surface area contributed by atoms with Crippen molar-refractivity contribution in [2.75, 3.05) is 0 Å². The van der Waals surface area contributed by atoms with E-state index < -0.39 is 0 Å². The zero-order chi connectivity index (χ0) is 10.1. The van der Waals surface area contributed by atoms with Gasteiger partial charge in [0.15, 0.2) is 0 Å². The first-order valence-corrected chi connectivity index (χ1v) is 5.58. The molecule has 0 spiro atoms. The summed E-state index contributed by atoms with van der Waals surface area (Å²) in [5.74, 6) is 0.478. The lowest BCUT2D eigenvalue weighted by atomic mass is 10.2. The number of carbonyl (C=O) groups is 1. The summed E-state index contributed by atoms with van der Waals surface area (Å²) in [6.45, 7) is 6.14. The van der Waals surface area contributed by atoms with Gasteiger partial charge in [-0.1, -0.05) is 20.8 Å². The van der Waals surface area contributed by atoms with Crippen molar-refractivity contribution >= 4 is 22.2 Å². The van der Waals surface area contributed by atoms with E-state index >= 15 is 0 Å². The van der Waals surface area contributed by atoms with Gasteiger partial charge in [-0.2, -0.15) is 11.4 Å². The molecular weight excluding hydrogens is 184 g/mol. The minimum atomic E-state index is 0.0495. The van der Waals surface area contributed by atoms with Crippen LogP contribution in [0.2, 0.25) is 0 Å². The highest BCUT2D eigenvalue weighted by Crippen LogP contribution is 2.31. The van der Waals surface area contributed by atoms with Crippen LogP contribution in [-0.4, -0.2) is 20.7 Å². The lowest BCUT2D eigenvalue weighted by molar-refractivity contribution is -0.119. The molecule has 0 aromatic rings. The molecule has 0 heterocycles. The molecule has 0 unspecified atom stereocenters. The molecule has 0 radical (unpaired) electrons. The van der Waals surface area contributed by atoms with E-state index in [1.165, 1.54) is 0 Å². The Labute approximate surface area is 83.3 Å². The normalized spacial score (nSPS) is 19.5. The zero-order valence-electron chi connectivity index (χ0n) is 8.50. The minimum Gasteiger partial charge on any atom is -0.359 e. The molecule has 0 saturated heterocycles. The van der Waals surface area contributed by atoms with E-state index in [1.54, 1.807) is 0 Å². The number of aliphatic hydroxyl groups is 1. The Kier molecular flexibility index (Phi) is 3.30. The van der Waals surface area contributed by atoms with Crippen LogP contribution in [0.1, 0.15) is 40.0 Å². The van der Waals surface area contributed by atoms with Crippen LogP contribution in [-0.2, 0) is 4.79 Å². The van der Waals surface area contributed by atoms with Gasteiger partial charge in [-0.15, -0.1) is 0 Å². The number of Topliss-reactive ketones (excluding diaryl/α,β-unsaturated/α-hetero) is 1. The smallest absolute Gasteiger partial charge is 0.142 e. The van der Waals surface area contributed by atoms with E-state index in [9.17, 15) is 9.90 Å². The summed E-state index contributed by atoms with van der Waals surface area (Å²) in [6.07, 6.45) is 2.32. The lowest BCUT2D eigenvalue weighted by Crippen LogP contribution is -2.12. The van der Waals surface area contributed by atoms with E-state index in [2.05, 4.69) is 0 Å². The fourth-order valence-corrected chi connectivity index (χ4v) is 2.14. The molecule has 1 aliphatic rings. The summed E-state index contributed by atoms with van der Waals surface area (Å²) in [5, 5.41) is 9.84. The molecule has 0 aliphatic heterocycles. The number of hydrogen-bond acceptors (Lipinski definition) is 1. The maximum atomic E-state index is 11.3. The fourth-order valence-electron chi connectivity index (χ4n) is 1.13. The van der Waals surface area contributed by atoms with Crippen LogP contribution in [0.25, 0.3) is 0 Å². The summed E-state index contributed by atoms with van der Waals surface area (Å²) >= 11 is 0.881. The third kappa shape index (κ3) is 4.58. The Morgan fingerprint density at radius 1 is 1.46 bits per heavy atom. The van der Waals surface area contributed by atoms with Crippen molar-refractivity contribution in [2.45, 2.75) is 44.8 Å². The minimum absolute atomic E-state index is 0.0495. The van der Waals surface area contributed by atoms with Gasteiger partial charge in [-0.25, -0.2) is 0 Å². The third-order valence-corrected chi connectivity index (χ3v) is 2.92. The van der Waals surface area contributed by atoms with Crippen LogP contribution in [0.3, 0.4) is 0 Å². The number of rotatable bonds is 3. The predicted molar refractivity (Wildman–Crippen MR) is 58.7 cm³/mol. The van der Waals surface area contributed by atoms with Crippen molar-refractivity contribution in [1.82, 2.24) is 0 Å². The third-order valence-electron chi connectivity index (χ3n) is 1.83. The van der Waals surface area contributed by atoms with Crippen molar-refractivity contribution in [2.24, 2.45) is 5.92 Å². The summed E-state index contributed by atoms with van der Waals surface area (Å²) < 4.78 is 0.0495. The van der Waals surface area contributed by atoms with Crippen LogP contribution in [0.5, 0.6) is 0 Å². The SMILES string of the molecule is CC(C)(C)[SH]=C(O)CC(=O)C1CC1. The van der Waals surface area contributed by atoms with E-state index in [0.717, 1.165) is 24.2 Å². The summed E-state index contributed by atoms with van der Waals surface area (Å²) in [5.41, 5.74) is 0. The van der Waals surface area contributed by atoms with Gasteiger partial charge in [-0.05, 0) is 12.8 Å². The van der Waals surface area contributed by atoms with Gasteiger partial charge in [-0.3, -0.25) is 4.79 Å². The Hall–Kier alpha value is -0.150. The number of thiol groups is 1. The topological polar surface area (TPSA) is 37.3 Å². The molecule has 76 valence electrons. The van der Waals surface area contributed by atoms with Crippen LogP contribution < -0.4 is 0 Å². The van der Waals surface area contributed by atoms with Crippen molar-refractivity contribution < 1.29 is 9.90 Å². The predicted octanol–water partition coefficient (Wildman–Crippen LogP) is 2.31. The highest BCUT2D eigenvalue weighted by atomic mass is 32.1. The average Bonchev–Trinajstić information content (AvgIpc) is 2.60. The van der Waals surface area contributed by atoms with Crippen LogP contribution in [0.4, 0.5) is 0 Å². The molecule has 0 atom stereocenters. The molecular formula is C10H18O2S. The Morgan fingerprint density at radius 3 is 2.38 bits per heavy atom. The second-order valence-corrected chi connectivity index (χ2v) is 6.70. The molecule has 3 heteroatoms. The van der Waals surface area contributed by atoms with E-state index in [1.807, 2.05) is 20.8 Å². The Bertz CT molecular complexity index is 234. The molecule has 0 bridgehead atoms. The first-order valence-electron chi connectivity index (χ1n) is 4.69. The first kappa shape index (κ1) is 10.9. The summed E-state index contributed by atoms with van der Waals surface area (Å²) in [4.78, 5) is 11.3. The fraction of sp³-hybridized carbons (Fsp3) is 0.800. The van der Waals surface area contributed by atoms with E-state index in [-0.39, 0.29) is 22.9 Å². The number of hydrogen-bond donors (Lipinski definition) is 2. The molecule has 1 aliphatic carbocycles. The maximum absolute atomic E-state index is 11.3. The highest BCUT2D eigenvalue weighted by molar-refractivity contribution is 7.99. The largest absolute Gasteiger partial charge is 0.359 e. The molecule has 1 N–H and O–H groups in total. The first-order chi connectivity index (χ1) is 5.88. The molecule has 0 aromatic heterocycles. The quantitative estimate of drug-likeness (QED) is 0.544. The highest BCUT2D eigenvalue weighted by Gasteiger charge is 2.29. The molecule has 0 amide bonds. The molecule has 2 nitrogen and oxygen atoms in total. The number of ketones is 1. The standard InChI is InChI=1S/C10H18O2S/c1-10(2,3)13-9(12)6-8(11)7-4-5-7/h7,12-13H,4-6H2,1-3H3. The summed E-state index contributed by atoms with van der Waals surface area (Å²) in [6, 6.07) is 0.